The van der Waals surface area contributed by atoms with Gasteiger partial charge in [0.15, 0.2) is 0 Å². The molecule has 3 N–H and O–H groups in total. The molecular formula is C32H50N2O16S. The number of nitrogens with zero attached hydrogens (tertiary/aromatic N) is 1. The second-order valence-corrected chi connectivity index (χ2v) is 11.6. The third-order valence-electron chi connectivity index (χ3n) is 5.89. The Hall–Kier alpha value is -3.79. The molecule has 0 aliphatic rings. The molecule has 0 amide bonds. The second kappa shape index (κ2) is 29.9. The van der Waals surface area contributed by atoms with E-state index in [1.807, 2.05) is 6.92 Å². The number of carboxylic acid groups (broad SMARTS) is 1. The molecule has 19 heteroatoms. The van der Waals surface area contributed by atoms with Gasteiger partial charge < -0.3 is 48.7 Å². The first-order valence-corrected chi connectivity index (χ1v) is 17.0. The van der Waals surface area contributed by atoms with Gasteiger partial charge in [0.2, 0.25) is 0 Å². The molecular weight excluding hydrogens is 700 g/mol. The summed E-state index contributed by atoms with van der Waals surface area (Å²) in [5.41, 5.74) is 6.19. The van der Waals surface area contributed by atoms with E-state index < -0.39 is 33.2 Å². The summed E-state index contributed by atoms with van der Waals surface area (Å²) in [5, 5.41) is 18.9. The normalized spacial score (nSPS) is 11.3. The molecule has 0 aromatic heterocycles. The van der Waals surface area contributed by atoms with Crippen molar-refractivity contribution in [3.8, 4) is 5.75 Å². The van der Waals surface area contributed by atoms with E-state index in [0.29, 0.717) is 59.1 Å². The number of benzene rings is 2. The Kier molecular flexibility index (Phi) is 27.7. The molecule has 1 unspecified atom stereocenters. The third-order valence-corrected chi connectivity index (χ3v) is 7.21. The molecule has 290 valence electrons. The molecule has 0 aliphatic heterocycles. The summed E-state index contributed by atoms with van der Waals surface area (Å²) in [5.74, 6) is -0.794. The summed E-state index contributed by atoms with van der Waals surface area (Å²) >= 11 is 0. The number of nitrogens with two attached hydrogens (primary N) is 1. The lowest BCUT2D eigenvalue weighted by Gasteiger charge is -2.06. The van der Waals surface area contributed by atoms with Crippen molar-refractivity contribution in [1.82, 2.24) is 0 Å². The number of aryl methyl sites for hydroxylation is 1. The van der Waals surface area contributed by atoms with Crippen LogP contribution in [0.25, 0.3) is 0 Å². The molecule has 18 nitrogen and oxygen atoms in total. The van der Waals surface area contributed by atoms with E-state index in [1.165, 1.54) is 36.4 Å². The summed E-state index contributed by atoms with van der Waals surface area (Å²) in [6.45, 7) is 5.80. The molecule has 51 heavy (non-hydrogen) atoms. The number of hydrogen-bond acceptors (Lipinski definition) is 16. The molecule has 2 rings (SSSR count). The van der Waals surface area contributed by atoms with Crippen molar-refractivity contribution >= 4 is 27.9 Å². The van der Waals surface area contributed by atoms with E-state index in [2.05, 4.69) is 0 Å². The van der Waals surface area contributed by atoms with Crippen LogP contribution in [0.3, 0.4) is 0 Å². The van der Waals surface area contributed by atoms with Crippen LogP contribution in [0.1, 0.15) is 18.4 Å². The van der Waals surface area contributed by atoms with Crippen LogP contribution in [0.15, 0.2) is 53.4 Å². The second-order valence-electron chi connectivity index (χ2n) is 9.94. The highest BCUT2D eigenvalue weighted by Gasteiger charge is 2.14. The molecule has 0 fully saturated rings. The molecule has 0 radical (unpaired) electrons. The number of carboxylic acids is 1. The highest BCUT2D eigenvalue weighted by atomic mass is 32.2. The zero-order valence-electron chi connectivity index (χ0n) is 29.4. The first-order valence-electron chi connectivity index (χ1n) is 15.6. The number of ether oxygens (including phenoxy) is 8. The topological polar surface area (TPSA) is 241 Å². The standard InChI is InChI=1S/C12H15NO7.C12H18O5S.C8H17NO4/c1-17-6-7-18-8-9-19-12(14)20-11-4-2-10(3-5-11)13(15)16;1-11-3-5-12(6-4-11)18(13,14)17-10-9-16-8-7-15-2;1-12-5-6-13-4-2-3-7(9)8(10)11/h2-5H,6-9H2,1H3;3-6H,7-10H2,1-2H3;7H,2-6,9H2,1H3,(H,10,11). The molecule has 0 heterocycles. The predicted octanol–water partition coefficient (Wildman–Crippen LogP) is 2.98. The lowest BCUT2D eigenvalue weighted by Crippen LogP contribution is -2.30. The molecule has 2 aromatic carbocycles. The Labute approximate surface area is 298 Å². The van der Waals surface area contributed by atoms with E-state index in [0.717, 1.165) is 5.56 Å². The van der Waals surface area contributed by atoms with Crippen molar-refractivity contribution in [3.63, 3.8) is 0 Å². The maximum absolute atomic E-state index is 11.7. The molecule has 0 saturated heterocycles. The Morgan fingerprint density at radius 2 is 1.25 bits per heavy atom. The number of non-ortho nitro benzene ring substituents is 1. The van der Waals surface area contributed by atoms with Gasteiger partial charge >= 0.3 is 12.1 Å². The lowest BCUT2D eigenvalue weighted by atomic mass is 10.2. The van der Waals surface area contributed by atoms with E-state index >= 15 is 0 Å². The molecule has 2 aromatic rings. The Balaban J connectivity index is 0.000000753. The van der Waals surface area contributed by atoms with Gasteiger partial charge in [-0.05, 0) is 44.0 Å². The zero-order valence-corrected chi connectivity index (χ0v) is 30.2. The van der Waals surface area contributed by atoms with Crippen molar-refractivity contribution in [2.24, 2.45) is 5.73 Å². The van der Waals surface area contributed by atoms with Crippen LogP contribution < -0.4 is 10.5 Å². The average molecular weight is 751 g/mol. The van der Waals surface area contributed by atoms with Gasteiger partial charge in [-0.25, -0.2) is 4.79 Å². The number of carbonyl (C=O) groups excluding carboxylic acids is 1. The van der Waals surface area contributed by atoms with Crippen molar-refractivity contribution in [2.45, 2.75) is 30.7 Å². The fraction of sp³-hybridized carbons (Fsp3) is 0.562. The van der Waals surface area contributed by atoms with E-state index in [4.69, 9.17) is 52.9 Å². The van der Waals surface area contributed by atoms with Crippen molar-refractivity contribution in [1.29, 1.82) is 0 Å². The summed E-state index contributed by atoms with van der Waals surface area (Å²) in [6, 6.07) is 10.8. The number of methoxy groups -OCH3 is 3. The van der Waals surface area contributed by atoms with Gasteiger partial charge in [0.05, 0.1) is 69.3 Å². The fourth-order valence-electron chi connectivity index (χ4n) is 3.18. The minimum Gasteiger partial charge on any atom is -0.480 e. The average Bonchev–Trinajstić information content (AvgIpc) is 3.10. The Morgan fingerprint density at radius 1 is 0.765 bits per heavy atom. The van der Waals surface area contributed by atoms with Gasteiger partial charge in [-0.1, -0.05) is 17.7 Å². The van der Waals surface area contributed by atoms with Gasteiger partial charge in [0.1, 0.15) is 18.4 Å². The monoisotopic (exact) mass is 750 g/mol. The fourth-order valence-corrected chi connectivity index (χ4v) is 4.08. The van der Waals surface area contributed by atoms with Crippen LogP contribution in [0, 0.1) is 17.0 Å². The number of hydrogen-bond donors (Lipinski definition) is 2. The first kappa shape index (κ1) is 47.2. The Bertz CT molecular complexity index is 1310. The molecule has 0 aliphatic carbocycles. The molecule has 1 atom stereocenters. The number of aliphatic carboxylic acids is 1. The molecule has 0 bridgehead atoms. The molecule has 0 saturated carbocycles. The summed E-state index contributed by atoms with van der Waals surface area (Å²) in [6.07, 6.45) is 0.216. The van der Waals surface area contributed by atoms with Crippen LogP contribution in [0.5, 0.6) is 5.75 Å². The highest BCUT2D eigenvalue weighted by Crippen LogP contribution is 2.17. The van der Waals surface area contributed by atoms with Crippen LogP contribution in [-0.4, -0.2) is 131 Å². The van der Waals surface area contributed by atoms with Crippen LogP contribution in [-0.2, 0) is 52.3 Å². The third kappa shape index (κ3) is 25.8. The van der Waals surface area contributed by atoms with Gasteiger partial charge in [0, 0.05) is 40.1 Å². The van der Waals surface area contributed by atoms with Crippen molar-refractivity contribution in [3.05, 3.63) is 64.2 Å². The number of carbonyl (C=O) groups is 2. The summed E-state index contributed by atoms with van der Waals surface area (Å²) in [4.78, 5) is 31.6. The summed E-state index contributed by atoms with van der Waals surface area (Å²) < 4.78 is 67.5. The number of nitro benzene ring substituents is 1. The zero-order chi connectivity index (χ0) is 38.3. The maximum Gasteiger partial charge on any atom is 0.513 e. The summed E-state index contributed by atoms with van der Waals surface area (Å²) in [7, 11) is 1.05. The Morgan fingerprint density at radius 3 is 1.75 bits per heavy atom. The smallest absolute Gasteiger partial charge is 0.480 e. The van der Waals surface area contributed by atoms with Gasteiger partial charge in [-0.2, -0.15) is 8.42 Å². The van der Waals surface area contributed by atoms with Gasteiger partial charge in [0.25, 0.3) is 15.8 Å². The van der Waals surface area contributed by atoms with Crippen LogP contribution in [0.2, 0.25) is 0 Å². The minimum atomic E-state index is -3.68. The van der Waals surface area contributed by atoms with Crippen LogP contribution in [0.4, 0.5) is 10.5 Å². The van der Waals surface area contributed by atoms with Gasteiger partial charge in [-0.15, -0.1) is 0 Å². The lowest BCUT2D eigenvalue weighted by molar-refractivity contribution is -0.384. The van der Waals surface area contributed by atoms with Crippen LogP contribution >= 0.6 is 0 Å². The minimum absolute atomic E-state index is 0.0000753. The number of rotatable bonds is 24. The maximum atomic E-state index is 11.7. The van der Waals surface area contributed by atoms with E-state index in [1.54, 1.807) is 33.5 Å². The predicted molar refractivity (Wildman–Crippen MR) is 182 cm³/mol. The molecule has 0 spiro atoms. The van der Waals surface area contributed by atoms with Crippen molar-refractivity contribution in [2.75, 3.05) is 94.0 Å². The number of nitro groups is 1. The first-order chi connectivity index (χ1) is 24.4. The quantitative estimate of drug-likeness (QED) is 0.0391. The van der Waals surface area contributed by atoms with Gasteiger partial charge in [-0.3, -0.25) is 19.1 Å². The largest absolute Gasteiger partial charge is 0.513 e. The van der Waals surface area contributed by atoms with E-state index in [9.17, 15) is 28.1 Å². The van der Waals surface area contributed by atoms with Crippen molar-refractivity contribution < 1.29 is 70.1 Å². The highest BCUT2D eigenvalue weighted by molar-refractivity contribution is 7.86. The van der Waals surface area contributed by atoms with E-state index in [-0.39, 0.29) is 42.8 Å². The SMILES string of the molecule is COCCOCCCC(N)C(=O)O.COCCOCCOC(=O)Oc1ccc([N+](=O)[O-])cc1.COCCOCCOS(=O)(=O)c1ccc(C)cc1.